The molecule has 0 aromatic heterocycles. The highest BCUT2D eigenvalue weighted by molar-refractivity contribution is 5.91. The van der Waals surface area contributed by atoms with Crippen LogP contribution >= 0.6 is 0 Å². The Balaban J connectivity index is 1.38. The monoisotopic (exact) mass is 359 g/mol. The van der Waals surface area contributed by atoms with Crippen molar-refractivity contribution >= 4 is 5.91 Å². The largest absolute Gasteiger partial charge is 0.341 e. The van der Waals surface area contributed by atoms with E-state index in [4.69, 9.17) is 5.26 Å². The maximum Gasteiger partial charge on any atom is 0.233 e. The van der Waals surface area contributed by atoms with Crippen molar-refractivity contribution in [2.24, 2.45) is 0 Å². The molecule has 1 amide bonds. The molecular weight excluding hydrogens is 334 g/mol. The van der Waals surface area contributed by atoms with Crippen molar-refractivity contribution < 1.29 is 4.79 Å². The first-order valence-corrected chi connectivity index (χ1v) is 9.78. The molecule has 0 bridgehead atoms. The van der Waals surface area contributed by atoms with Crippen LogP contribution in [0.25, 0.3) is 0 Å². The zero-order valence-electron chi connectivity index (χ0n) is 15.6. The maximum atomic E-state index is 13.2. The van der Waals surface area contributed by atoms with Crippen molar-refractivity contribution in [2.45, 2.75) is 31.2 Å². The number of hydrogen-bond acceptors (Lipinski definition) is 3. The van der Waals surface area contributed by atoms with Crippen LogP contribution in [0, 0.1) is 11.3 Å². The summed E-state index contributed by atoms with van der Waals surface area (Å²) < 4.78 is 0. The number of nitriles is 1. The van der Waals surface area contributed by atoms with E-state index in [1.165, 1.54) is 11.1 Å². The minimum Gasteiger partial charge on any atom is -0.341 e. The molecule has 1 aliphatic carbocycles. The Hall–Kier alpha value is -2.64. The first-order chi connectivity index (χ1) is 13.2. The van der Waals surface area contributed by atoms with Gasteiger partial charge < -0.3 is 4.90 Å². The zero-order chi connectivity index (χ0) is 18.7. The smallest absolute Gasteiger partial charge is 0.233 e. The lowest BCUT2D eigenvalue weighted by Crippen LogP contribution is -2.41. The molecule has 2 aromatic rings. The zero-order valence-corrected chi connectivity index (χ0v) is 15.6. The van der Waals surface area contributed by atoms with Gasteiger partial charge in [-0.05, 0) is 42.5 Å². The first-order valence-electron chi connectivity index (χ1n) is 9.78. The third-order valence-electron chi connectivity index (χ3n) is 5.85. The van der Waals surface area contributed by atoms with E-state index in [9.17, 15) is 4.79 Å². The van der Waals surface area contributed by atoms with Gasteiger partial charge in [0.2, 0.25) is 5.91 Å². The molecule has 2 aromatic carbocycles. The van der Waals surface area contributed by atoms with Crippen LogP contribution in [-0.4, -0.2) is 41.9 Å². The molecule has 4 rings (SSSR count). The predicted molar refractivity (Wildman–Crippen MR) is 105 cm³/mol. The second-order valence-electron chi connectivity index (χ2n) is 7.68. The predicted octanol–water partition coefficient (Wildman–Crippen LogP) is 3.32. The number of amides is 1. The van der Waals surface area contributed by atoms with Gasteiger partial charge in [-0.15, -0.1) is 0 Å². The van der Waals surface area contributed by atoms with Gasteiger partial charge in [0.1, 0.15) is 0 Å². The molecule has 0 atom stereocenters. The Morgan fingerprint density at radius 3 is 2.37 bits per heavy atom. The van der Waals surface area contributed by atoms with Crippen molar-refractivity contribution in [3.05, 3.63) is 71.3 Å². The summed E-state index contributed by atoms with van der Waals surface area (Å²) in [7, 11) is 0. The van der Waals surface area contributed by atoms with Crippen LogP contribution in [0.4, 0.5) is 0 Å². The van der Waals surface area contributed by atoms with Gasteiger partial charge >= 0.3 is 0 Å². The van der Waals surface area contributed by atoms with Crippen LogP contribution in [0.1, 0.15) is 36.0 Å². The van der Waals surface area contributed by atoms with Gasteiger partial charge in [-0.3, -0.25) is 9.69 Å². The molecule has 0 unspecified atom stereocenters. The Labute approximate surface area is 161 Å². The number of carbonyl (C=O) groups is 1. The van der Waals surface area contributed by atoms with Crippen LogP contribution in [0.3, 0.4) is 0 Å². The van der Waals surface area contributed by atoms with E-state index in [1.54, 1.807) is 0 Å². The second-order valence-corrected chi connectivity index (χ2v) is 7.68. The van der Waals surface area contributed by atoms with Crippen molar-refractivity contribution in [3.63, 3.8) is 0 Å². The second kappa shape index (κ2) is 7.54. The van der Waals surface area contributed by atoms with E-state index in [1.807, 2.05) is 42.5 Å². The summed E-state index contributed by atoms with van der Waals surface area (Å²) in [5.74, 6) is 0.314. The van der Waals surface area contributed by atoms with E-state index in [0.29, 0.717) is 11.5 Å². The fourth-order valence-corrected chi connectivity index (χ4v) is 4.09. The third-order valence-corrected chi connectivity index (χ3v) is 5.85. The van der Waals surface area contributed by atoms with Gasteiger partial charge in [-0.25, -0.2) is 0 Å². The summed E-state index contributed by atoms with van der Waals surface area (Å²) in [5.41, 5.74) is 2.83. The Kier molecular flexibility index (Phi) is 4.96. The van der Waals surface area contributed by atoms with Gasteiger partial charge in [0, 0.05) is 32.7 Å². The third kappa shape index (κ3) is 3.74. The lowest BCUT2D eigenvalue weighted by atomic mass is 9.94. The highest BCUT2D eigenvalue weighted by atomic mass is 16.2. The van der Waals surface area contributed by atoms with Crippen molar-refractivity contribution in [1.29, 1.82) is 5.26 Å². The molecule has 0 spiro atoms. The molecule has 1 saturated heterocycles. The molecule has 0 N–H and O–H groups in total. The maximum absolute atomic E-state index is 13.2. The summed E-state index contributed by atoms with van der Waals surface area (Å²) in [5, 5.41) is 8.92. The van der Waals surface area contributed by atoms with Gasteiger partial charge in [0.15, 0.2) is 0 Å². The average Bonchev–Trinajstić information content (AvgIpc) is 3.54. The molecule has 2 aliphatic rings. The minimum absolute atomic E-state index is 0.260. The van der Waals surface area contributed by atoms with Crippen molar-refractivity contribution in [3.8, 4) is 6.07 Å². The highest BCUT2D eigenvalue weighted by Crippen LogP contribution is 2.49. The number of rotatable bonds is 4. The molecule has 1 aliphatic heterocycles. The summed E-state index contributed by atoms with van der Waals surface area (Å²) in [6, 6.07) is 20.2. The molecule has 1 saturated carbocycles. The Bertz CT molecular complexity index is 834. The van der Waals surface area contributed by atoms with Crippen LogP contribution in [-0.2, 0) is 16.8 Å². The van der Waals surface area contributed by atoms with E-state index in [-0.39, 0.29) is 5.41 Å². The summed E-state index contributed by atoms with van der Waals surface area (Å²) in [6.45, 7) is 4.41. The fraction of sp³-hybridized carbons (Fsp3) is 0.391. The molecule has 4 heteroatoms. The van der Waals surface area contributed by atoms with E-state index in [2.05, 4.69) is 28.0 Å². The molecule has 1 heterocycles. The van der Waals surface area contributed by atoms with Gasteiger partial charge in [0.25, 0.3) is 0 Å². The first kappa shape index (κ1) is 17.8. The standard InChI is InChI=1S/C23H25N3O/c24-17-19-7-9-20(10-8-19)18-25-13-4-14-26(16-15-25)22(27)23(11-12-23)21-5-2-1-3-6-21/h1-3,5-10H,4,11-16,18H2. The minimum atomic E-state index is -0.260. The normalized spacial score (nSPS) is 19.1. The lowest BCUT2D eigenvalue weighted by Gasteiger charge is -2.26. The average molecular weight is 359 g/mol. The van der Waals surface area contributed by atoms with Crippen molar-refractivity contribution in [1.82, 2.24) is 9.80 Å². The van der Waals surface area contributed by atoms with Crippen LogP contribution in [0.5, 0.6) is 0 Å². The molecule has 4 nitrogen and oxygen atoms in total. The number of nitrogens with zero attached hydrogens (tertiary/aromatic N) is 3. The van der Waals surface area contributed by atoms with E-state index < -0.39 is 0 Å². The van der Waals surface area contributed by atoms with Crippen LogP contribution in [0.15, 0.2) is 54.6 Å². The Morgan fingerprint density at radius 2 is 1.70 bits per heavy atom. The number of carbonyl (C=O) groups excluding carboxylic acids is 1. The summed E-state index contributed by atoms with van der Waals surface area (Å²) >= 11 is 0. The lowest BCUT2D eigenvalue weighted by molar-refractivity contribution is -0.133. The fourth-order valence-electron chi connectivity index (χ4n) is 4.09. The van der Waals surface area contributed by atoms with Crippen molar-refractivity contribution in [2.75, 3.05) is 26.2 Å². The number of hydrogen-bond donors (Lipinski definition) is 0. The quantitative estimate of drug-likeness (QED) is 0.841. The molecule has 2 fully saturated rings. The summed E-state index contributed by atoms with van der Waals surface area (Å²) in [4.78, 5) is 17.7. The highest BCUT2D eigenvalue weighted by Gasteiger charge is 2.52. The van der Waals surface area contributed by atoms with E-state index >= 15 is 0 Å². The van der Waals surface area contributed by atoms with Crippen LogP contribution in [0.2, 0.25) is 0 Å². The summed E-state index contributed by atoms with van der Waals surface area (Å²) in [6.07, 6.45) is 2.95. The molecule has 0 radical (unpaired) electrons. The van der Waals surface area contributed by atoms with Gasteiger partial charge in [0.05, 0.1) is 17.0 Å². The molecule has 138 valence electrons. The van der Waals surface area contributed by atoms with Crippen LogP contribution < -0.4 is 0 Å². The number of benzene rings is 2. The SMILES string of the molecule is N#Cc1ccc(CN2CCCN(C(=O)C3(c4ccccc4)CC3)CC2)cc1. The van der Waals surface area contributed by atoms with Gasteiger partial charge in [-0.1, -0.05) is 42.5 Å². The van der Waals surface area contributed by atoms with Gasteiger partial charge in [-0.2, -0.15) is 5.26 Å². The topological polar surface area (TPSA) is 47.3 Å². The van der Waals surface area contributed by atoms with E-state index in [0.717, 1.165) is 52.0 Å². The Morgan fingerprint density at radius 1 is 0.963 bits per heavy atom. The molecule has 27 heavy (non-hydrogen) atoms. The molecular formula is C23H25N3O.